The lowest BCUT2D eigenvalue weighted by Crippen LogP contribution is -2.41. The van der Waals surface area contributed by atoms with Crippen LogP contribution in [0.4, 0.5) is 4.39 Å². The number of benzene rings is 2. The smallest absolute Gasteiger partial charge is 0.240 e. The molecule has 7 nitrogen and oxygen atoms in total. The van der Waals surface area contributed by atoms with Crippen molar-refractivity contribution in [1.82, 2.24) is 19.6 Å². The number of hydrogen-bond acceptors (Lipinski definition) is 4. The molecule has 3 aromatic rings. The van der Waals surface area contributed by atoms with Crippen molar-refractivity contribution < 1.29 is 17.6 Å². The van der Waals surface area contributed by atoms with Gasteiger partial charge in [-0.25, -0.2) is 22.5 Å². The largest absolute Gasteiger partial charge is 0.349 e. The van der Waals surface area contributed by atoms with E-state index in [-0.39, 0.29) is 34.6 Å². The molecule has 0 saturated heterocycles. The molecule has 2 N–H and O–H groups in total. The van der Waals surface area contributed by atoms with E-state index in [1.165, 1.54) is 12.1 Å². The predicted molar refractivity (Wildman–Crippen MR) is 124 cm³/mol. The average Bonchev–Trinajstić information content (AvgIpc) is 3.07. The lowest BCUT2D eigenvalue weighted by molar-refractivity contribution is -0.126. The quantitative estimate of drug-likeness (QED) is 0.572. The van der Waals surface area contributed by atoms with Crippen molar-refractivity contribution in [2.75, 3.05) is 0 Å². The number of hydrogen-bond donors (Lipinski definition) is 2. The van der Waals surface area contributed by atoms with Crippen LogP contribution in [0.3, 0.4) is 0 Å². The predicted octanol–water partition coefficient (Wildman–Crippen LogP) is 3.74. The van der Waals surface area contributed by atoms with E-state index in [9.17, 15) is 17.6 Å². The summed E-state index contributed by atoms with van der Waals surface area (Å²) in [4.78, 5) is 17.3. The summed E-state index contributed by atoms with van der Waals surface area (Å²) in [6.45, 7) is 3.74. The molecule has 0 radical (unpaired) electrons. The minimum Gasteiger partial charge on any atom is -0.349 e. The number of halogens is 1. The van der Waals surface area contributed by atoms with Crippen LogP contribution >= 0.6 is 0 Å². The van der Waals surface area contributed by atoms with Crippen LogP contribution in [0.25, 0.3) is 11.0 Å². The van der Waals surface area contributed by atoms with Gasteiger partial charge >= 0.3 is 0 Å². The number of carbonyl (C=O) groups excluding carboxylic acids is 1. The van der Waals surface area contributed by atoms with E-state index in [1.54, 1.807) is 30.3 Å². The van der Waals surface area contributed by atoms with Gasteiger partial charge in [-0.15, -0.1) is 0 Å². The van der Waals surface area contributed by atoms with E-state index >= 15 is 0 Å². The zero-order valence-corrected chi connectivity index (χ0v) is 19.8. The first-order valence-electron chi connectivity index (χ1n) is 11.2. The number of sulfonamides is 1. The first kappa shape index (κ1) is 23.4. The van der Waals surface area contributed by atoms with Crippen LogP contribution in [0.2, 0.25) is 0 Å². The summed E-state index contributed by atoms with van der Waals surface area (Å²) < 4.78 is 43.7. The van der Waals surface area contributed by atoms with Gasteiger partial charge in [0.1, 0.15) is 11.6 Å². The molecule has 0 aliphatic heterocycles. The van der Waals surface area contributed by atoms with Crippen molar-refractivity contribution >= 4 is 27.0 Å². The van der Waals surface area contributed by atoms with Crippen molar-refractivity contribution in [2.24, 2.45) is 13.0 Å². The highest BCUT2D eigenvalue weighted by molar-refractivity contribution is 7.89. The number of amides is 1. The summed E-state index contributed by atoms with van der Waals surface area (Å²) in [5.41, 5.74) is 2.37. The third kappa shape index (κ3) is 5.09. The maximum atomic E-state index is 13.1. The molecule has 176 valence electrons. The van der Waals surface area contributed by atoms with E-state index in [4.69, 9.17) is 0 Å². The second-order valence-electron chi connectivity index (χ2n) is 8.82. The van der Waals surface area contributed by atoms with Crippen LogP contribution in [-0.2, 0) is 21.9 Å². The normalized spacial score (nSPS) is 20.0. The van der Waals surface area contributed by atoms with Crippen LogP contribution < -0.4 is 10.0 Å². The number of aryl methyl sites for hydroxylation is 2. The summed E-state index contributed by atoms with van der Waals surface area (Å²) in [7, 11) is -1.79. The molecule has 1 saturated carbocycles. The number of fused-ring (bicyclic) bond motifs is 1. The zero-order valence-electron chi connectivity index (χ0n) is 19.0. The van der Waals surface area contributed by atoms with E-state index in [2.05, 4.69) is 15.0 Å². The highest BCUT2D eigenvalue weighted by atomic mass is 32.2. The van der Waals surface area contributed by atoms with Crippen LogP contribution in [0.5, 0.6) is 0 Å². The third-order valence-corrected chi connectivity index (χ3v) is 8.05. The second kappa shape index (κ2) is 9.23. The van der Waals surface area contributed by atoms with E-state index in [0.29, 0.717) is 31.2 Å². The number of carbonyl (C=O) groups is 1. The minimum absolute atomic E-state index is 0.0518. The maximum Gasteiger partial charge on any atom is 0.240 e. The molecule has 4 rings (SSSR count). The fourth-order valence-corrected chi connectivity index (χ4v) is 5.72. The lowest BCUT2D eigenvalue weighted by Gasteiger charge is -2.29. The Labute approximate surface area is 193 Å². The van der Waals surface area contributed by atoms with Gasteiger partial charge in [0, 0.05) is 19.0 Å². The second-order valence-corrected chi connectivity index (χ2v) is 10.5. The summed E-state index contributed by atoms with van der Waals surface area (Å²) in [5, 5.41) is 2.99. The molecule has 9 heteroatoms. The van der Waals surface area contributed by atoms with Gasteiger partial charge in [0.25, 0.3) is 0 Å². The Morgan fingerprint density at radius 1 is 1.12 bits per heavy atom. The van der Waals surface area contributed by atoms with Gasteiger partial charge in [-0.1, -0.05) is 12.1 Å². The van der Waals surface area contributed by atoms with Gasteiger partial charge in [0.05, 0.1) is 22.0 Å². The van der Waals surface area contributed by atoms with Crippen molar-refractivity contribution in [3.8, 4) is 0 Å². The maximum absolute atomic E-state index is 13.1. The molecule has 1 aliphatic rings. The summed E-state index contributed by atoms with van der Waals surface area (Å²) >= 11 is 0. The van der Waals surface area contributed by atoms with Gasteiger partial charge < -0.3 is 9.88 Å². The van der Waals surface area contributed by atoms with Crippen LogP contribution in [0.1, 0.15) is 50.0 Å². The minimum atomic E-state index is -3.68. The first-order valence-corrected chi connectivity index (χ1v) is 12.6. The van der Waals surface area contributed by atoms with Crippen molar-refractivity contribution in [1.29, 1.82) is 0 Å². The fraction of sp³-hybridized carbons (Fsp3) is 0.417. The fourth-order valence-electron chi connectivity index (χ4n) is 4.39. The zero-order chi connectivity index (χ0) is 23.8. The van der Waals surface area contributed by atoms with E-state index < -0.39 is 10.0 Å². The Kier molecular flexibility index (Phi) is 6.54. The summed E-state index contributed by atoms with van der Waals surface area (Å²) in [6.07, 6.45) is 2.39. The van der Waals surface area contributed by atoms with E-state index in [1.807, 2.05) is 25.5 Å². The first-order chi connectivity index (χ1) is 15.6. The highest BCUT2D eigenvalue weighted by Gasteiger charge is 2.30. The van der Waals surface area contributed by atoms with Crippen LogP contribution in [0.15, 0.2) is 47.4 Å². The van der Waals surface area contributed by atoms with Gasteiger partial charge in [0.15, 0.2) is 0 Å². The van der Waals surface area contributed by atoms with Gasteiger partial charge in [0.2, 0.25) is 15.9 Å². The standard InChI is InChI=1S/C24H29FN4O3S/c1-15(17-4-8-19(25)9-5-17)26-24(30)18-6-10-20(11-7-18)28-33(31,32)21-12-13-23-22(14-21)27-16(2)29(23)3/h4-5,8-9,12-15,18,20,28H,6-7,10-11H2,1-3H3,(H,26,30)/t15-,18?,20?/m1/s1. The molecule has 0 bridgehead atoms. The molecule has 1 amide bonds. The molecule has 1 atom stereocenters. The monoisotopic (exact) mass is 472 g/mol. The van der Waals surface area contributed by atoms with Crippen molar-refractivity contribution in [3.05, 3.63) is 59.7 Å². The SMILES string of the molecule is Cc1nc2cc(S(=O)(=O)NC3CCC(C(=O)N[C@H](C)c4ccc(F)cc4)CC3)ccc2n1C. The molecular weight excluding hydrogens is 443 g/mol. The van der Waals surface area contributed by atoms with Crippen molar-refractivity contribution in [2.45, 2.75) is 56.5 Å². The Morgan fingerprint density at radius 3 is 2.45 bits per heavy atom. The number of imidazole rings is 1. The van der Waals surface area contributed by atoms with Crippen LogP contribution in [0, 0.1) is 18.7 Å². The topological polar surface area (TPSA) is 93.1 Å². The third-order valence-electron chi connectivity index (χ3n) is 6.53. The molecule has 1 heterocycles. The Bertz CT molecular complexity index is 1260. The molecule has 1 aromatic heterocycles. The average molecular weight is 473 g/mol. The van der Waals surface area contributed by atoms with E-state index in [0.717, 1.165) is 16.9 Å². The summed E-state index contributed by atoms with van der Waals surface area (Å²) in [6, 6.07) is 10.6. The molecule has 1 fully saturated rings. The molecular formula is C24H29FN4O3S. The molecule has 0 unspecified atom stereocenters. The highest BCUT2D eigenvalue weighted by Crippen LogP contribution is 2.27. The Morgan fingerprint density at radius 2 is 1.79 bits per heavy atom. The van der Waals surface area contributed by atoms with Gasteiger partial charge in [-0.05, 0) is 75.4 Å². The lowest BCUT2D eigenvalue weighted by atomic mass is 9.85. The van der Waals surface area contributed by atoms with Gasteiger partial charge in [-0.2, -0.15) is 0 Å². The van der Waals surface area contributed by atoms with Crippen molar-refractivity contribution in [3.63, 3.8) is 0 Å². The van der Waals surface area contributed by atoms with Gasteiger partial charge in [-0.3, -0.25) is 4.79 Å². The number of nitrogens with one attached hydrogen (secondary N) is 2. The van der Waals surface area contributed by atoms with Crippen LogP contribution in [-0.4, -0.2) is 29.9 Å². The molecule has 2 aromatic carbocycles. The Balaban J connectivity index is 1.33. The molecule has 33 heavy (non-hydrogen) atoms. The number of nitrogens with zero attached hydrogens (tertiary/aromatic N) is 2. The number of rotatable bonds is 6. The molecule has 0 spiro atoms. The number of aromatic nitrogens is 2. The summed E-state index contributed by atoms with van der Waals surface area (Å²) in [5.74, 6) is 0.288. The molecule has 1 aliphatic carbocycles. The Hall–Kier alpha value is -2.78.